The minimum absolute atomic E-state index is 0.307. The number of hydrogen-bond acceptors (Lipinski definition) is 1. The van der Waals surface area contributed by atoms with Crippen molar-refractivity contribution >= 4 is 52.1 Å². The highest BCUT2D eigenvalue weighted by Gasteiger charge is 2.03. The monoisotopic (exact) mass is 257 g/mol. The van der Waals surface area contributed by atoms with Crippen LogP contribution in [-0.2, 0) is 0 Å². The summed E-state index contributed by atoms with van der Waals surface area (Å²) in [5, 5.41) is 3.96. The fourth-order valence-corrected chi connectivity index (χ4v) is 1.31. The van der Waals surface area contributed by atoms with Gasteiger partial charge in [0.05, 0.1) is 15.9 Å². The van der Waals surface area contributed by atoms with Crippen LogP contribution in [0.25, 0.3) is 0 Å². The zero-order valence-corrected chi connectivity index (χ0v) is 9.55. The summed E-state index contributed by atoms with van der Waals surface area (Å²) in [6, 6.07) is 5.19. The molecule has 1 aromatic carbocycles. The Kier molecular flexibility index (Phi) is 4.47. The number of alkyl halides is 2. The largest absolute Gasteiger partial charge is 0.368 e. The van der Waals surface area contributed by atoms with Gasteiger partial charge in [0, 0.05) is 5.69 Å². The first-order valence-electron chi connectivity index (χ1n) is 3.55. The van der Waals surface area contributed by atoms with Gasteiger partial charge in [0.25, 0.3) is 0 Å². The number of rotatable bonds is 3. The smallest absolute Gasteiger partial charge is 0.115 e. The molecule has 13 heavy (non-hydrogen) atoms. The molecule has 0 aromatic heterocycles. The van der Waals surface area contributed by atoms with Gasteiger partial charge in [0.2, 0.25) is 0 Å². The maximum Gasteiger partial charge on any atom is 0.115 e. The molecule has 1 atom stereocenters. The molecule has 1 N–H and O–H groups in total. The van der Waals surface area contributed by atoms with Crippen molar-refractivity contribution in [2.24, 2.45) is 0 Å². The van der Waals surface area contributed by atoms with Crippen LogP contribution in [0.4, 0.5) is 5.69 Å². The first-order valence-corrected chi connectivity index (χ1v) is 5.28. The van der Waals surface area contributed by atoms with Gasteiger partial charge in [-0.1, -0.05) is 34.8 Å². The summed E-state index contributed by atoms with van der Waals surface area (Å²) in [6.07, 6.45) is 0. The minimum atomic E-state index is -0.307. The SMILES string of the molecule is ClCC(Cl)Nc1ccc(Cl)c(Cl)c1. The van der Waals surface area contributed by atoms with E-state index in [0.717, 1.165) is 5.69 Å². The van der Waals surface area contributed by atoms with Crippen molar-refractivity contribution in [2.45, 2.75) is 5.50 Å². The third-order valence-corrected chi connectivity index (χ3v) is 2.85. The zero-order valence-electron chi connectivity index (χ0n) is 6.53. The minimum Gasteiger partial charge on any atom is -0.368 e. The third kappa shape index (κ3) is 3.43. The van der Waals surface area contributed by atoms with Gasteiger partial charge in [-0.25, -0.2) is 0 Å². The molecule has 0 heterocycles. The molecule has 72 valence electrons. The number of halogens is 4. The summed E-state index contributed by atoms with van der Waals surface area (Å²) >= 11 is 22.8. The molecule has 0 saturated heterocycles. The Morgan fingerprint density at radius 1 is 1.23 bits per heavy atom. The van der Waals surface area contributed by atoms with Crippen molar-refractivity contribution in [2.75, 3.05) is 11.2 Å². The van der Waals surface area contributed by atoms with E-state index in [1.807, 2.05) is 0 Å². The Labute approximate surface area is 96.9 Å². The van der Waals surface area contributed by atoms with Crippen molar-refractivity contribution in [1.82, 2.24) is 0 Å². The van der Waals surface area contributed by atoms with Crippen LogP contribution in [0, 0.1) is 0 Å². The molecule has 0 aliphatic heterocycles. The van der Waals surface area contributed by atoms with E-state index in [0.29, 0.717) is 15.9 Å². The molecule has 1 unspecified atom stereocenters. The number of nitrogens with one attached hydrogen (secondary N) is 1. The summed E-state index contributed by atoms with van der Waals surface area (Å²) in [5.41, 5.74) is 0.494. The lowest BCUT2D eigenvalue weighted by molar-refractivity contribution is 1.12. The molecule has 0 saturated carbocycles. The van der Waals surface area contributed by atoms with E-state index in [4.69, 9.17) is 46.4 Å². The lowest BCUT2D eigenvalue weighted by Crippen LogP contribution is -2.13. The van der Waals surface area contributed by atoms with Crippen LogP contribution in [0.3, 0.4) is 0 Å². The predicted octanol–water partition coefficient (Wildman–Crippen LogP) is 4.21. The maximum atomic E-state index is 5.79. The Hall–Kier alpha value is 0.180. The molecule has 0 amide bonds. The summed E-state index contributed by atoms with van der Waals surface area (Å²) in [7, 11) is 0. The Morgan fingerprint density at radius 3 is 2.46 bits per heavy atom. The molecule has 0 aliphatic rings. The van der Waals surface area contributed by atoms with E-state index < -0.39 is 0 Å². The van der Waals surface area contributed by atoms with E-state index in [-0.39, 0.29) is 5.50 Å². The number of anilines is 1. The van der Waals surface area contributed by atoms with E-state index >= 15 is 0 Å². The predicted molar refractivity (Wildman–Crippen MR) is 60.4 cm³/mol. The molecule has 1 aromatic rings. The van der Waals surface area contributed by atoms with E-state index in [2.05, 4.69) is 5.32 Å². The quantitative estimate of drug-likeness (QED) is 0.633. The standard InChI is InChI=1S/C8H7Cl4N/c9-4-8(12)13-5-1-2-6(10)7(11)3-5/h1-3,8,13H,4H2. The molecule has 0 spiro atoms. The first-order chi connectivity index (χ1) is 6.13. The maximum absolute atomic E-state index is 5.79. The average Bonchev–Trinajstić information content (AvgIpc) is 2.11. The number of benzene rings is 1. The lowest BCUT2D eigenvalue weighted by Gasteiger charge is -2.10. The fraction of sp³-hybridized carbons (Fsp3) is 0.250. The topological polar surface area (TPSA) is 12.0 Å². The molecule has 1 nitrogen and oxygen atoms in total. The molecular weight excluding hydrogens is 252 g/mol. The van der Waals surface area contributed by atoms with Crippen molar-refractivity contribution in [3.8, 4) is 0 Å². The second kappa shape index (κ2) is 5.16. The first kappa shape index (κ1) is 11.3. The highest BCUT2D eigenvalue weighted by Crippen LogP contribution is 2.25. The molecular formula is C8H7Cl4N. The van der Waals surface area contributed by atoms with Gasteiger partial charge in [0.15, 0.2) is 0 Å². The van der Waals surface area contributed by atoms with Gasteiger partial charge in [-0.3, -0.25) is 0 Å². The Morgan fingerprint density at radius 2 is 1.92 bits per heavy atom. The number of hydrogen-bond donors (Lipinski definition) is 1. The second-order valence-corrected chi connectivity index (χ2v) is 4.04. The molecule has 0 aliphatic carbocycles. The lowest BCUT2D eigenvalue weighted by atomic mass is 10.3. The second-order valence-electron chi connectivity index (χ2n) is 2.40. The zero-order chi connectivity index (χ0) is 9.84. The fourth-order valence-electron chi connectivity index (χ4n) is 0.805. The van der Waals surface area contributed by atoms with E-state index in [1.54, 1.807) is 18.2 Å². The van der Waals surface area contributed by atoms with Gasteiger partial charge in [0.1, 0.15) is 5.50 Å². The summed E-state index contributed by atoms with van der Waals surface area (Å²) in [4.78, 5) is 0. The molecule has 0 bridgehead atoms. The molecule has 1 rings (SSSR count). The Balaban J connectivity index is 2.73. The van der Waals surface area contributed by atoms with Crippen LogP contribution in [-0.4, -0.2) is 11.4 Å². The van der Waals surface area contributed by atoms with Crippen LogP contribution >= 0.6 is 46.4 Å². The van der Waals surface area contributed by atoms with Crippen molar-refractivity contribution in [1.29, 1.82) is 0 Å². The molecule has 0 radical (unpaired) electrons. The van der Waals surface area contributed by atoms with Gasteiger partial charge >= 0.3 is 0 Å². The average molecular weight is 259 g/mol. The summed E-state index contributed by atoms with van der Waals surface area (Å²) < 4.78 is 0. The van der Waals surface area contributed by atoms with Crippen LogP contribution in [0.2, 0.25) is 10.0 Å². The highest BCUT2D eigenvalue weighted by atomic mass is 35.5. The van der Waals surface area contributed by atoms with Gasteiger partial charge < -0.3 is 5.32 Å². The van der Waals surface area contributed by atoms with Crippen molar-refractivity contribution in [3.05, 3.63) is 28.2 Å². The van der Waals surface area contributed by atoms with Crippen LogP contribution in [0.5, 0.6) is 0 Å². The van der Waals surface area contributed by atoms with E-state index in [1.165, 1.54) is 0 Å². The third-order valence-electron chi connectivity index (χ3n) is 1.38. The highest BCUT2D eigenvalue weighted by molar-refractivity contribution is 6.42. The van der Waals surface area contributed by atoms with Gasteiger partial charge in [-0.2, -0.15) is 0 Å². The van der Waals surface area contributed by atoms with Crippen LogP contribution in [0.15, 0.2) is 18.2 Å². The molecule has 5 heteroatoms. The van der Waals surface area contributed by atoms with Crippen molar-refractivity contribution < 1.29 is 0 Å². The van der Waals surface area contributed by atoms with E-state index in [9.17, 15) is 0 Å². The van der Waals surface area contributed by atoms with Crippen LogP contribution < -0.4 is 5.32 Å². The summed E-state index contributed by atoms with van der Waals surface area (Å²) in [6.45, 7) is 0. The Bertz CT molecular complexity index is 289. The normalized spacial score (nSPS) is 12.6. The molecule has 0 fully saturated rings. The van der Waals surface area contributed by atoms with Gasteiger partial charge in [-0.05, 0) is 18.2 Å². The summed E-state index contributed by atoms with van der Waals surface area (Å²) in [5.74, 6) is 0.321. The van der Waals surface area contributed by atoms with Crippen LogP contribution in [0.1, 0.15) is 0 Å². The van der Waals surface area contributed by atoms with Gasteiger partial charge in [-0.15, -0.1) is 11.6 Å². The van der Waals surface area contributed by atoms with Crippen molar-refractivity contribution in [3.63, 3.8) is 0 Å².